The molecule has 2 aromatic carbocycles. The van der Waals surface area contributed by atoms with Crippen molar-refractivity contribution in [3.05, 3.63) is 54.1 Å². The number of nitrogens with zero attached hydrogens (tertiary/aromatic N) is 1. The van der Waals surface area contributed by atoms with Crippen LogP contribution in [0, 0.1) is 0 Å². The molecule has 0 aliphatic heterocycles. The fourth-order valence-electron chi connectivity index (χ4n) is 2.30. The van der Waals surface area contributed by atoms with Crippen LogP contribution >= 0.6 is 12.4 Å². The Morgan fingerprint density at radius 1 is 1.18 bits per heavy atom. The maximum Gasteiger partial charge on any atom is 0.264 e. The predicted molar refractivity (Wildman–Crippen MR) is 113 cm³/mol. The van der Waals surface area contributed by atoms with Gasteiger partial charge in [0, 0.05) is 24.7 Å². The van der Waals surface area contributed by atoms with E-state index in [0.717, 1.165) is 4.31 Å². The molecule has 0 aliphatic rings. The third-order valence-corrected chi connectivity index (χ3v) is 5.68. The number of anilines is 1. The van der Waals surface area contributed by atoms with Gasteiger partial charge in [0.15, 0.2) is 0 Å². The molecule has 0 bridgehead atoms. The van der Waals surface area contributed by atoms with Gasteiger partial charge in [-0.25, -0.2) is 8.42 Å². The summed E-state index contributed by atoms with van der Waals surface area (Å²) in [6.45, 7) is 3.85. The standard InChI is InChI=1S/C19H25N3O4S.ClH/c1-19(2,20)13-21-18(23)14-6-5-7-17(12-14)27(24,25)22(3)15-8-10-16(26-4)11-9-15;/h5-12H,13,20H2,1-4H3,(H,21,23);1H. The number of ether oxygens (including phenoxy) is 1. The Balaban J connectivity index is 0.00000392. The maximum absolute atomic E-state index is 12.9. The lowest BCUT2D eigenvalue weighted by atomic mass is 10.1. The lowest BCUT2D eigenvalue weighted by Gasteiger charge is -2.21. The van der Waals surface area contributed by atoms with Gasteiger partial charge in [0.05, 0.1) is 17.7 Å². The Morgan fingerprint density at radius 3 is 2.32 bits per heavy atom. The van der Waals surface area contributed by atoms with Crippen molar-refractivity contribution in [2.24, 2.45) is 5.73 Å². The van der Waals surface area contributed by atoms with Gasteiger partial charge in [-0.2, -0.15) is 0 Å². The molecule has 0 unspecified atom stereocenters. The molecule has 0 fully saturated rings. The molecule has 0 saturated carbocycles. The van der Waals surface area contributed by atoms with Gasteiger partial charge in [-0.1, -0.05) is 6.07 Å². The highest BCUT2D eigenvalue weighted by Gasteiger charge is 2.23. The summed E-state index contributed by atoms with van der Waals surface area (Å²) >= 11 is 0. The molecule has 0 atom stereocenters. The quantitative estimate of drug-likeness (QED) is 0.706. The predicted octanol–water partition coefficient (Wildman–Crippen LogP) is 2.41. The third-order valence-electron chi connectivity index (χ3n) is 3.90. The lowest BCUT2D eigenvalue weighted by Crippen LogP contribution is -2.45. The highest BCUT2D eigenvalue weighted by molar-refractivity contribution is 7.92. The zero-order valence-electron chi connectivity index (χ0n) is 16.3. The number of halogens is 1. The fourth-order valence-corrected chi connectivity index (χ4v) is 3.54. The summed E-state index contributed by atoms with van der Waals surface area (Å²) in [7, 11) is -0.825. The Labute approximate surface area is 172 Å². The first kappa shape index (κ1) is 23.7. The van der Waals surface area contributed by atoms with Crippen LogP contribution in [0.5, 0.6) is 5.75 Å². The maximum atomic E-state index is 12.9. The van der Waals surface area contributed by atoms with E-state index in [1.165, 1.54) is 32.4 Å². The molecule has 0 spiro atoms. The Kier molecular flexibility index (Phi) is 7.86. The van der Waals surface area contributed by atoms with E-state index in [1.807, 2.05) is 0 Å². The number of carbonyl (C=O) groups is 1. The van der Waals surface area contributed by atoms with Gasteiger partial charge in [-0.05, 0) is 56.3 Å². The normalized spacial score (nSPS) is 11.3. The Bertz CT molecular complexity index is 910. The van der Waals surface area contributed by atoms with Crippen LogP contribution in [-0.4, -0.2) is 40.6 Å². The van der Waals surface area contributed by atoms with Crippen molar-refractivity contribution in [1.82, 2.24) is 5.32 Å². The van der Waals surface area contributed by atoms with Crippen molar-refractivity contribution in [2.45, 2.75) is 24.3 Å². The van der Waals surface area contributed by atoms with Gasteiger partial charge in [0.25, 0.3) is 15.9 Å². The number of hydrogen-bond acceptors (Lipinski definition) is 5. The summed E-state index contributed by atoms with van der Waals surface area (Å²) in [5.41, 5.74) is 6.03. The first-order chi connectivity index (χ1) is 12.5. The van der Waals surface area contributed by atoms with E-state index in [1.54, 1.807) is 44.2 Å². The zero-order valence-corrected chi connectivity index (χ0v) is 17.9. The minimum absolute atomic E-state index is 0. The van der Waals surface area contributed by atoms with Crippen LogP contribution in [0.2, 0.25) is 0 Å². The number of rotatable bonds is 7. The number of nitrogens with one attached hydrogen (secondary N) is 1. The minimum atomic E-state index is -3.82. The smallest absolute Gasteiger partial charge is 0.264 e. The first-order valence-corrected chi connectivity index (χ1v) is 9.79. The number of carbonyl (C=O) groups excluding carboxylic acids is 1. The molecular weight excluding hydrogens is 402 g/mol. The van der Waals surface area contributed by atoms with Crippen LogP contribution in [0.3, 0.4) is 0 Å². The number of hydrogen-bond donors (Lipinski definition) is 2. The topological polar surface area (TPSA) is 102 Å². The molecule has 0 aliphatic carbocycles. The summed E-state index contributed by atoms with van der Waals surface area (Å²) < 4.78 is 32.1. The van der Waals surface area contributed by atoms with Crippen LogP contribution in [0.4, 0.5) is 5.69 Å². The Morgan fingerprint density at radius 2 is 1.79 bits per heavy atom. The number of methoxy groups -OCH3 is 1. The molecule has 154 valence electrons. The SMILES string of the molecule is COc1ccc(N(C)S(=O)(=O)c2cccc(C(=O)NCC(C)(C)N)c2)cc1.Cl. The monoisotopic (exact) mass is 427 g/mol. The molecule has 3 N–H and O–H groups in total. The molecule has 0 radical (unpaired) electrons. The lowest BCUT2D eigenvalue weighted by molar-refractivity contribution is 0.0946. The van der Waals surface area contributed by atoms with Gasteiger partial charge in [0.2, 0.25) is 0 Å². The van der Waals surface area contributed by atoms with Crippen molar-refractivity contribution >= 4 is 34.0 Å². The number of sulfonamides is 1. The first-order valence-electron chi connectivity index (χ1n) is 8.35. The van der Waals surface area contributed by atoms with Crippen molar-refractivity contribution in [1.29, 1.82) is 0 Å². The van der Waals surface area contributed by atoms with Crippen LogP contribution in [-0.2, 0) is 10.0 Å². The summed E-state index contributed by atoms with van der Waals surface area (Å²) in [4.78, 5) is 12.3. The molecule has 1 amide bonds. The van der Waals surface area contributed by atoms with E-state index in [-0.39, 0.29) is 35.3 Å². The number of nitrogens with two attached hydrogens (primary N) is 1. The minimum Gasteiger partial charge on any atom is -0.497 e. The van der Waals surface area contributed by atoms with Crippen LogP contribution in [0.25, 0.3) is 0 Å². The molecule has 0 aromatic heterocycles. The van der Waals surface area contributed by atoms with Crippen molar-refractivity contribution in [2.75, 3.05) is 25.0 Å². The largest absolute Gasteiger partial charge is 0.497 e. The van der Waals surface area contributed by atoms with E-state index < -0.39 is 15.6 Å². The highest BCUT2D eigenvalue weighted by Crippen LogP contribution is 2.24. The van der Waals surface area contributed by atoms with Gasteiger partial charge in [-0.15, -0.1) is 12.4 Å². The third kappa shape index (κ3) is 5.85. The van der Waals surface area contributed by atoms with Crippen molar-refractivity contribution in [3.63, 3.8) is 0 Å². The summed E-state index contributed by atoms with van der Waals surface area (Å²) in [5.74, 6) is 0.253. The molecule has 28 heavy (non-hydrogen) atoms. The zero-order chi connectivity index (χ0) is 20.2. The second-order valence-corrected chi connectivity index (χ2v) is 8.84. The van der Waals surface area contributed by atoms with E-state index in [9.17, 15) is 13.2 Å². The number of benzene rings is 2. The van der Waals surface area contributed by atoms with Gasteiger partial charge < -0.3 is 15.8 Å². The number of amides is 1. The van der Waals surface area contributed by atoms with Gasteiger partial charge >= 0.3 is 0 Å². The van der Waals surface area contributed by atoms with E-state index in [2.05, 4.69) is 5.32 Å². The van der Waals surface area contributed by atoms with Crippen LogP contribution in [0.15, 0.2) is 53.4 Å². The fraction of sp³-hybridized carbons (Fsp3) is 0.316. The van der Waals surface area contributed by atoms with Crippen molar-refractivity contribution in [3.8, 4) is 5.75 Å². The summed E-state index contributed by atoms with van der Waals surface area (Å²) in [6, 6.07) is 12.6. The van der Waals surface area contributed by atoms with Crippen LogP contribution < -0.4 is 20.1 Å². The van der Waals surface area contributed by atoms with E-state index >= 15 is 0 Å². The molecule has 0 heterocycles. The second kappa shape index (κ2) is 9.27. The highest BCUT2D eigenvalue weighted by atomic mass is 35.5. The van der Waals surface area contributed by atoms with Gasteiger partial charge in [-0.3, -0.25) is 9.10 Å². The Hall–Kier alpha value is -2.29. The van der Waals surface area contributed by atoms with Gasteiger partial charge in [0.1, 0.15) is 5.75 Å². The van der Waals surface area contributed by atoms with E-state index in [0.29, 0.717) is 11.4 Å². The van der Waals surface area contributed by atoms with Crippen LogP contribution in [0.1, 0.15) is 24.2 Å². The van der Waals surface area contributed by atoms with E-state index in [4.69, 9.17) is 10.5 Å². The summed E-state index contributed by atoms with van der Waals surface area (Å²) in [5, 5.41) is 2.70. The molecule has 7 nitrogen and oxygen atoms in total. The average molecular weight is 428 g/mol. The molecule has 2 rings (SSSR count). The molecule has 0 saturated heterocycles. The second-order valence-electron chi connectivity index (χ2n) is 6.87. The molecule has 2 aromatic rings. The molecular formula is C19H26ClN3O4S. The summed E-state index contributed by atoms with van der Waals surface area (Å²) in [6.07, 6.45) is 0. The van der Waals surface area contributed by atoms with Crippen molar-refractivity contribution < 1.29 is 17.9 Å². The average Bonchev–Trinajstić information content (AvgIpc) is 2.65. The molecule has 9 heteroatoms.